The quantitative estimate of drug-likeness (QED) is 0.645. The van der Waals surface area contributed by atoms with Crippen molar-refractivity contribution in [3.63, 3.8) is 0 Å². The van der Waals surface area contributed by atoms with Gasteiger partial charge in [-0.3, -0.25) is 0 Å². The maximum atomic E-state index is 5.85. The van der Waals surface area contributed by atoms with E-state index in [1.165, 1.54) is 0 Å². The van der Waals surface area contributed by atoms with Gasteiger partial charge in [-0.1, -0.05) is 23.7 Å². The molecule has 1 radical (unpaired) electrons. The maximum absolute atomic E-state index is 5.85. The normalized spacial score (nSPS) is 10.1. The molecule has 12 heavy (non-hydrogen) atoms. The summed E-state index contributed by atoms with van der Waals surface area (Å²) in [7, 11) is 0. The van der Waals surface area contributed by atoms with Crippen molar-refractivity contribution < 1.29 is 0 Å². The highest BCUT2D eigenvalue weighted by Crippen LogP contribution is 2.23. The molecule has 0 N–H and O–H groups in total. The summed E-state index contributed by atoms with van der Waals surface area (Å²) >= 11 is 7.42. The minimum Gasteiger partial charge on any atom is -0.142 e. The number of hydrogen-bond acceptors (Lipinski definition) is 1. The molecule has 2 rings (SSSR count). The van der Waals surface area contributed by atoms with Gasteiger partial charge in [-0.05, 0) is 29.1 Å². The minimum absolute atomic E-state index is 0.770. The topological polar surface area (TPSA) is 0 Å². The van der Waals surface area contributed by atoms with Crippen molar-refractivity contribution in [1.29, 1.82) is 0 Å². The highest BCUT2D eigenvalue weighted by Gasteiger charge is 1.97. The molecule has 0 amide bonds. The summed E-state index contributed by atoms with van der Waals surface area (Å²) in [4.78, 5) is 0. The molecule has 1 heterocycles. The van der Waals surface area contributed by atoms with E-state index in [1.54, 1.807) is 11.3 Å². The zero-order valence-electron chi connectivity index (χ0n) is 6.25. The van der Waals surface area contributed by atoms with Gasteiger partial charge in [0.25, 0.3) is 0 Å². The first kappa shape index (κ1) is 7.84. The van der Waals surface area contributed by atoms with Gasteiger partial charge in [0.15, 0.2) is 0 Å². The fraction of sp³-hybridized carbons (Fsp3) is 0. The van der Waals surface area contributed by atoms with Crippen LogP contribution in [0, 0.1) is 5.38 Å². The van der Waals surface area contributed by atoms with Crippen LogP contribution in [0.15, 0.2) is 35.7 Å². The summed E-state index contributed by atoms with van der Waals surface area (Å²) in [5, 5.41) is 5.94. The molecule has 0 aliphatic rings. The molecule has 0 saturated carbocycles. The first-order valence-electron chi connectivity index (χ1n) is 3.57. The molecule has 0 fully saturated rings. The number of thiophene rings is 1. The lowest BCUT2D eigenvalue weighted by molar-refractivity contribution is 1.67. The maximum Gasteiger partial charge on any atom is 0.0527 e. The van der Waals surface area contributed by atoms with Gasteiger partial charge in [0, 0.05) is 10.6 Å². The van der Waals surface area contributed by atoms with Crippen molar-refractivity contribution in [2.45, 2.75) is 0 Å². The summed E-state index contributed by atoms with van der Waals surface area (Å²) in [6.07, 6.45) is 0. The van der Waals surface area contributed by atoms with Gasteiger partial charge < -0.3 is 0 Å². The predicted octanol–water partition coefficient (Wildman–Crippen LogP) is 3.87. The van der Waals surface area contributed by atoms with E-state index in [1.807, 2.05) is 35.7 Å². The van der Waals surface area contributed by atoms with Crippen LogP contribution in [0.3, 0.4) is 0 Å². The van der Waals surface area contributed by atoms with E-state index in [-0.39, 0.29) is 0 Å². The van der Waals surface area contributed by atoms with Gasteiger partial charge in [-0.15, -0.1) is 11.3 Å². The second-order valence-electron chi connectivity index (χ2n) is 2.45. The van der Waals surface area contributed by atoms with Crippen molar-refractivity contribution in [3.05, 3.63) is 46.1 Å². The van der Waals surface area contributed by atoms with Crippen molar-refractivity contribution in [3.8, 4) is 11.1 Å². The fourth-order valence-corrected chi connectivity index (χ4v) is 1.82. The standard InChI is InChI=1S/C10H6ClS/c11-10-3-1-2-8(6-10)9-4-5-12-7-9/h1-6H. The highest BCUT2D eigenvalue weighted by atomic mass is 35.5. The van der Waals surface area contributed by atoms with Gasteiger partial charge >= 0.3 is 0 Å². The molecule has 1 aromatic heterocycles. The van der Waals surface area contributed by atoms with Crippen LogP contribution in [0.4, 0.5) is 0 Å². The van der Waals surface area contributed by atoms with E-state index in [2.05, 4.69) is 5.38 Å². The van der Waals surface area contributed by atoms with Crippen molar-refractivity contribution in [2.75, 3.05) is 0 Å². The van der Waals surface area contributed by atoms with E-state index in [9.17, 15) is 0 Å². The summed E-state index contributed by atoms with van der Waals surface area (Å²) in [6, 6.07) is 9.83. The minimum atomic E-state index is 0.770. The average molecular weight is 194 g/mol. The highest BCUT2D eigenvalue weighted by molar-refractivity contribution is 7.07. The predicted molar refractivity (Wildman–Crippen MR) is 53.6 cm³/mol. The Kier molecular flexibility index (Phi) is 2.15. The van der Waals surface area contributed by atoms with E-state index < -0.39 is 0 Å². The van der Waals surface area contributed by atoms with E-state index >= 15 is 0 Å². The molecule has 0 aliphatic heterocycles. The Morgan fingerprint density at radius 2 is 2.17 bits per heavy atom. The zero-order chi connectivity index (χ0) is 8.39. The van der Waals surface area contributed by atoms with Crippen LogP contribution in [0.5, 0.6) is 0 Å². The SMILES string of the molecule is Clc1cccc(-c2[c]scc2)c1. The zero-order valence-corrected chi connectivity index (χ0v) is 7.82. The lowest BCUT2D eigenvalue weighted by Crippen LogP contribution is -1.71. The van der Waals surface area contributed by atoms with Crippen molar-refractivity contribution in [1.82, 2.24) is 0 Å². The van der Waals surface area contributed by atoms with Gasteiger partial charge in [0.05, 0.1) is 5.38 Å². The second-order valence-corrected chi connectivity index (χ2v) is 3.60. The van der Waals surface area contributed by atoms with Crippen LogP contribution in [0.25, 0.3) is 11.1 Å². The third kappa shape index (κ3) is 1.52. The number of halogens is 1. The monoisotopic (exact) mass is 193 g/mol. The van der Waals surface area contributed by atoms with Crippen molar-refractivity contribution >= 4 is 22.9 Å². The van der Waals surface area contributed by atoms with E-state index in [0.717, 1.165) is 16.1 Å². The lowest BCUT2D eigenvalue weighted by Gasteiger charge is -1.96. The molecule has 2 aromatic rings. The van der Waals surface area contributed by atoms with Crippen LogP contribution >= 0.6 is 22.9 Å². The fourth-order valence-electron chi connectivity index (χ4n) is 1.04. The molecule has 0 bridgehead atoms. The van der Waals surface area contributed by atoms with Crippen LogP contribution < -0.4 is 0 Å². The molecule has 2 heteroatoms. The van der Waals surface area contributed by atoms with E-state index in [0.29, 0.717) is 0 Å². The molecule has 0 aliphatic carbocycles. The van der Waals surface area contributed by atoms with Crippen molar-refractivity contribution in [2.24, 2.45) is 0 Å². The summed E-state index contributed by atoms with van der Waals surface area (Å²) in [6.45, 7) is 0. The molecule has 59 valence electrons. The van der Waals surface area contributed by atoms with Gasteiger partial charge in [-0.25, -0.2) is 0 Å². The average Bonchev–Trinajstić information content (AvgIpc) is 2.56. The number of benzene rings is 1. The Balaban J connectivity index is 2.48. The molecule has 1 aromatic carbocycles. The molecular formula is C10H6ClS. The molecule has 0 unspecified atom stereocenters. The summed E-state index contributed by atoms with van der Waals surface area (Å²) in [5.74, 6) is 0. The number of hydrogen-bond donors (Lipinski definition) is 0. The van der Waals surface area contributed by atoms with Crippen LogP contribution in [0.2, 0.25) is 5.02 Å². The Hall–Kier alpha value is -0.790. The van der Waals surface area contributed by atoms with Gasteiger partial charge in [0.1, 0.15) is 0 Å². The third-order valence-electron chi connectivity index (χ3n) is 1.61. The van der Waals surface area contributed by atoms with Crippen LogP contribution in [-0.4, -0.2) is 0 Å². The Morgan fingerprint density at radius 3 is 2.83 bits per heavy atom. The first-order chi connectivity index (χ1) is 5.86. The Labute approximate surface area is 80.4 Å². The summed E-state index contributed by atoms with van der Waals surface area (Å²) < 4.78 is 0. The second kappa shape index (κ2) is 3.30. The van der Waals surface area contributed by atoms with Crippen LogP contribution in [0.1, 0.15) is 0 Å². The molecule has 0 saturated heterocycles. The largest absolute Gasteiger partial charge is 0.142 e. The Bertz CT molecular complexity index is 365. The smallest absolute Gasteiger partial charge is 0.0527 e. The molecule has 0 atom stereocenters. The van der Waals surface area contributed by atoms with Crippen LogP contribution in [-0.2, 0) is 0 Å². The molecule has 0 spiro atoms. The molecular weight excluding hydrogens is 188 g/mol. The van der Waals surface area contributed by atoms with Gasteiger partial charge in [-0.2, -0.15) is 0 Å². The van der Waals surface area contributed by atoms with Gasteiger partial charge in [0.2, 0.25) is 0 Å². The first-order valence-corrected chi connectivity index (χ1v) is 4.83. The lowest BCUT2D eigenvalue weighted by atomic mass is 10.1. The number of rotatable bonds is 1. The third-order valence-corrected chi connectivity index (χ3v) is 2.45. The Morgan fingerprint density at radius 1 is 1.25 bits per heavy atom. The molecule has 0 nitrogen and oxygen atoms in total. The summed E-state index contributed by atoms with van der Waals surface area (Å²) in [5.41, 5.74) is 2.24. The van der Waals surface area contributed by atoms with E-state index in [4.69, 9.17) is 11.6 Å².